The van der Waals surface area contributed by atoms with E-state index in [0.717, 1.165) is 12.8 Å². The van der Waals surface area contributed by atoms with Crippen LogP contribution < -0.4 is 5.32 Å². The Kier molecular flexibility index (Phi) is 2.84. The van der Waals surface area contributed by atoms with E-state index in [1.165, 1.54) is 12.8 Å². The molecule has 1 saturated heterocycles. The molecule has 2 aliphatic rings. The molecule has 2 rings (SSSR count). The van der Waals surface area contributed by atoms with Crippen LogP contribution in [0.25, 0.3) is 0 Å². The van der Waals surface area contributed by atoms with Crippen LogP contribution in [0.15, 0.2) is 0 Å². The van der Waals surface area contributed by atoms with Gasteiger partial charge in [-0.3, -0.25) is 0 Å². The van der Waals surface area contributed by atoms with E-state index in [0.29, 0.717) is 29.0 Å². The standard InChI is InChI=1S/C11H21NO2S/c1-11(2)7-10(8-11)12-9-3-5-15(13,14)6-4-9/h9-10,12H,3-8H2,1-2H3. The van der Waals surface area contributed by atoms with Crippen LogP contribution in [-0.4, -0.2) is 32.0 Å². The Hall–Kier alpha value is -0.0900. The molecule has 1 N–H and O–H groups in total. The Morgan fingerprint density at radius 1 is 1.07 bits per heavy atom. The Balaban J connectivity index is 1.74. The zero-order chi connectivity index (χ0) is 11.1. The Morgan fingerprint density at radius 3 is 2.07 bits per heavy atom. The molecule has 4 heteroatoms. The second-order valence-electron chi connectivity index (χ2n) is 5.86. The summed E-state index contributed by atoms with van der Waals surface area (Å²) >= 11 is 0. The summed E-state index contributed by atoms with van der Waals surface area (Å²) in [7, 11) is -2.70. The molecule has 88 valence electrons. The van der Waals surface area contributed by atoms with Gasteiger partial charge >= 0.3 is 0 Å². The van der Waals surface area contributed by atoms with Crippen LogP contribution in [0.2, 0.25) is 0 Å². The van der Waals surface area contributed by atoms with Gasteiger partial charge in [-0.05, 0) is 31.1 Å². The molecule has 2 fully saturated rings. The highest BCUT2D eigenvalue weighted by Gasteiger charge is 2.37. The van der Waals surface area contributed by atoms with Crippen molar-refractivity contribution < 1.29 is 8.42 Å². The molecule has 0 aromatic carbocycles. The second-order valence-corrected chi connectivity index (χ2v) is 8.17. The molecule has 0 radical (unpaired) electrons. The van der Waals surface area contributed by atoms with Crippen molar-refractivity contribution in [2.24, 2.45) is 5.41 Å². The lowest BCUT2D eigenvalue weighted by Gasteiger charge is -2.45. The number of nitrogens with one attached hydrogen (secondary N) is 1. The summed E-state index contributed by atoms with van der Waals surface area (Å²) in [4.78, 5) is 0. The van der Waals surface area contributed by atoms with Gasteiger partial charge in [0.15, 0.2) is 0 Å². The first-order chi connectivity index (χ1) is 6.86. The lowest BCUT2D eigenvalue weighted by Crippen LogP contribution is -2.51. The molecular weight excluding hydrogens is 210 g/mol. The molecule has 1 saturated carbocycles. The first-order valence-corrected chi connectivity index (χ1v) is 7.65. The van der Waals surface area contributed by atoms with E-state index < -0.39 is 9.84 Å². The van der Waals surface area contributed by atoms with Crippen LogP contribution in [0, 0.1) is 5.41 Å². The predicted molar refractivity (Wildman–Crippen MR) is 61.6 cm³/mol. The maximum Gasteiger partial charge on any atom is 0.150 e. The van der Waals surface area contributed by atoms with Crippen LogP contribution in [0.3, 0.4) is 0 Å². The van der Waals surface area contributed by atoms with Crippen LogP contribution in [0.5, 0.6) is 0 Å². The average Bonchev–Trinajstić information content (AvgIpc) is 2.05. The van der Waals surface area contributed by atoms with E-state index >= 15 is 0 Å². The zero-order valence-electron chi connectivity index (χ0n) is 9.62. The third-order valence-corrected chi connectivity index (χ3v) is 5.34. The molecular formula is C11H21NO2S. The number of sulfone groups is 1. The third-order valence-electron chi connectivity index (χ3n) is 3.62. The quantitative estimate of drug-likeness (QED) is 0.780. The van der Waals surface area contributed by atoms with Crippen molar-refractivity contribution in [2.45, 2.75) is 51.6 Å². The minimum atomic E-state index is -2.70. The van der Waals surface area contributed by atoms with E-state index in [4.69, 9.17) is 0 Å². The molecule has 0 aromatic rings. The molecule has 0 unspecified atom stereocenters. The number of hydrogen-bond donors (Lipinski definition) is 1. The van der Waals surface area contributed by atoms with E-state index in [9.17, 15) is 8.42 Å². The summed E-state index contributed by atoms with van der Waals surface area (Å²) < 4.78 is 22.5. The Morgan fingerprint density at radius 2 is 1.60 bits per heavy atom. The minimum Gasteiger partial charge on any atom is -0.311 e. The summed E-state index contributed by atoms with van der Waals surface area (Å²) in [5, 5.41) is 3.58. The van der Waals surface area contributed by atoms with Crippen molar-refractivity contribution in [2.75, 3.05) is 11.5 Å². The maximum atomic E-state index is 11.2. The smallest absolute Gasteiger partial charge is 0.150 e. The van der Waals surface area contributed by atoms with Gasteiger partial charge in [-0.2, -0.15) is 0 Å². The van der Waals surface area contributed by atoms with Gasteiger partial charge in [0.25, 0.3) is 0 Å². The molecule has 0 spiro atoms. The monoisotopic (exact) mass is 231 g/mol. The average molecular weight is 231 g/mol. The van der Waals surface area contributed by atoms with Crippen molar-refractivity contribution in [1.29, 1.82) is 0 Å². The fourth-order valence-corrected chi connectivity index (χ4v) is 4.27. The van der Waals surface area contributed by atoms with Crippen molar-refractivity contribution in [3.63, 3.8) is 0 Å². The fourth-order valence-electron chi connectivity index (χ4n) is 2.78. The first-order valence-electron chi connectivity index (χ1n) is 5.83. The second kappa shape index (κ2) is 3.74. The van der Waals surface area contributed by atoms with Gasteiger partial charge in [0.2, 0.25) is 0 Å². The van der Waals surface area contributed by atoms with Crippen molar-refractivity contribution in [3.8, 4) is 0 Å². The Bertz CT molecular complexity index is 312. The van der Waals surface area contributed by atoms with Gasteiger partial charge in [0.1, 0.15) is 9.84 Å². The van der Waals surface area contributed by atoms with Crippen molar-refractivity contribution in [1.82, 2.24) is 5.32 Å². The van der Waals surface area contributed by atoms with Gasteiger partial charge in [-0.15, -0.1) is 0 Å². The lowest BCUT2D eigenvalue weighted by atomic mass is 9.68. The molecule has 15 heavy (non-hydrogen) atoms. The summed E-state index contributed by atoms with van der Waals surface area (Å²) in [6, 6.07) is 1.07. The predicted octanol–water partition coefficient (Wildman–Crippen LogP) is 1.34. The van der Waals surface area contributed by atoms with Crippen LogP contribution in [-0.2, 0) is 9.84 Å². The summed E-state index contributed by atoms with van der Waals surface area (Å²) in [5.41, 5.74) is 0.498. The zero-order valence-corrected chi connectivity index (χ0v) is 10.4. The minimum absolute atomic E-state index is 0.376. The topological polar surface area (TPSA) is 46.2 Å². The van der Waals surface area contributed by atoms with Gasteiger partial charge in [0.05, 0.1) is 11.5 Å². The largest absolute Gasteiger partial charge is 0.311 e. The van der Waals surface area contributed by atoms with E-state index in [1.54, 1.807) is 0 Å². The molecule has 1 aliphatic heterocycles. The molecule has 0 atom stereocenters. The van der Waals surface area contributed by atoms with Crippen LogP contribution >= 0.6 is 0 Å². The van der Waals surface area contributed by atoms with Gasteiger partial charge < -0.3 is 5.32 Å². The van der Waals surface area contributed by atoms with Crippen molar-refractivity contribution >= 4 is 9.84 Å². The van der Waals surface area contributed by atoms with Gasteiger partial charge in [0, 0.05) is 12.1 Å². The molecule has 0 amide bonds. The fraction of sp³-hybridized carbons (Fsp3) is 1.00. The van der Waals surface area contributed by atoms with Crippen molar-refractivity contribution in [3.05, 3.63) is 0 Å². The summed E-state index contributed by atoms with van der Waals surface area (Å²) in [6.07, 6.45) is 4.07. The van der Waals surface area contributed by atoms with Gasteiger partial charge in [-0.25, -0.2) is 8.42 Å². The molecule has 1 aliphatic carbocycles. The van der Waals surface area contributed by atoms with Gasteiger partial charge in [-0.1, -0.05) is 13.8 Å². The van der Waals surface area contributed by atoms with Crippen LogP contribution in [0.4, 0.5) is 0 Å². The number of hydrogen-bond acceptors (Lipinski definition) is 3. The molecule has 0 aromatic heterocycles. The lowest BCUT2D eigenvalue weighted by molar-refractivity contribution is 0.115. The third kappa shape index (κ3) is 2.94. The highest BCUT2D eigenvalue weighted by Crippen LogP contribution is 2.40. The SMILES string of the molecule is CC1(C)CC(NC2CCS(=O)(=O)CC2)C1. The summed E-state index contributed by atoms with van der Waals surface area (Å²) in [6.45, 7) is 4.58. The van der Waals surface area contributed by atoms with E-state index in [-0.39, 0.29) is 0 Å². The molecule has 1 heterocycles. The molecule has 3 nitrogen and oxygen atoms in total. The Labute approximate surface area is 92.6 Å². The normalized spacial score (nSPS) is 31.1. The first kappa shape index (κ1) is 11.4. The van der Waals surface area contributed by atoms with E-state index in [2.05, 4.69) is 19.2 Å². The highest BCUT2D eigenvalue weighted by molar-refractivity contribution is 7.91. The molecule has 0 bridgehead atoms. The van der Waals surface area contributed by atoms with Crippen LogP contribution in [0.1, 0.15) is 39.5 Å². The maximum absolute atomic E-state index is 11.2. The highest BCUT2D eigenvalue weighted by atomic mass is 32.2. The summed E-state index contributed by atoms with van der Waals surface area (Å²) in [5.74, 6) is 0.752. The number of rotatable bonds is 2. The van der Waals surface area contributed by atoms with E-state index in [1.807, 2.05) is 0 Å².